The molecule has 4 aromatic rings. The fourth-order valence-electron chi connectivity index (χ4n) is 4.06. The van der Waals surface area contributed by atoms with Crippen molar-refractivity contribution in [2.24, 2.45) is 5.73 Å². The number of imidazole rings is 1. The number of carbonyl (C=O) groups excluding carboxylic acids is 2. The van der Waals surface area contributed by atoms with Crippen molar-refractivity contribution < 1.29 is 27.8 Å². The predicted molar refractivity (Wildman–Crippen MR) is 123 cm³/mol. The molecule has 0 saturated carbocycles. The van der Waals surface area contributed by atoms with Gasteiger partial charge in [0.1, 0.15) is 18.0 Å². The molecular weight excluding hydrogens is 474 g/mol. The third-order valence-electron chi connectivity index (χ3n) is 5.75. The summed E-state index contributed by atoms with van der Waals surface area (Å²) in [6, 6.07) is 11.4. The third-order valence-corrected chi connectivity index (χ3v) is 5.75. The Labute approximate surface area is 203 Å². The minimum Gasteiger partial charge on any atom is -0.469 e. The lowest BCUT2D eigenvalue weighted by Crippen LogP contribution is -2.28. The molecule has 2 atom stereocenters. The molecule has 1 fully saturated rings. The van der Waals surface area contributed by atoms with Gasteiger partial charge >= 0.3 is 6.09 Å². The van der Waals surface area contributed by atoms with Crippen molar-refractivity contribution in [1.82, 2.24) is 19.6 Å². The van der Waals surface area contributed by atoms with Crippen molar-refractivity contribution >= 4 is 23.3 Å². The van der Waals surface area contributed by atoms with E-state index in [2.05, 4.69) is 15.1 Å². The van der Waals surface area contributed by atoms with Crippen LogP contribution < -0.4 is 15.4 Å². The Morgan fingerprint density at radius 2 is 1.92 bits per heavy atom. The maximum Gasteiger partial charge on any atom is 0.404 e. The van der Waals surface area contributed by atoms with E-state index in [4.69, 9.17) is 15.2 Å². The van der Waals surface area contributed by atoms with Gasteiger partial charge in [-0.1, -0.05) is 12.1 Å². The molecule has 1 unspecified atom stereocenters. The van der Waals surface area contributed by atoms with Gasteiger partial charge in [0.2, 0.25) is 17.7 Å². The second-order valence-corrected chi connectivity index (χ2v) is 8.19. The summed E-state index contributed by atoms with van der Waals surface area (Å²) in [6.45, 7) is 1.79. The van der Waals surface area contributed by atoms with Crippen LogP contribution in [-0.4, -0.2) is 44.2 Å². The number of hydrogen-bond donors (Lipinski definition) is 1. The number of fused-ring (bicyclic) bond motifs is 1. The topological polar surface area (TPSA) is 125 Å². The third kappa shape index (κ3) is 4.52. The van der Waals surface area contributed by atoms with Gasteiger partial charge in [0, 0.05) is 17.3 Å². The van der Waals surface area contributed by atoms with Gasteiger partial charge in [-0.25, -0.2) is 23.7 Å². The minimum atomic E-state index is -0.916. The standard InChI is InChI=1S/C24H20F2N6O4/c1-13(18-8-15(25)10-29-23(18)26)35-21-7-6-20-28-11-19(32(20)30-21)14-2-4-16(5-3-14)31-12-17(9-22(31)33)36-24(27)34/h2-8,10-11,13,17H,9,12H2,1H3,(H2,27,34)/t13?,17-/m0/s1. The molecule has 184 valence electrons. The minimum absolute atomic E-state index is 0.0294. The van der Waals surface area contributed by atoms with Gasteiger partial charge in [0.25, 0.3) is 0 Å². The highest BCUT2D eigenvalue weighted by molar-refractivity contribution is 5.96. The largest absolute Gasteiger partial charge is 0.469 e. The molecule has 2 amide bonds. The van der Waals surface area contributed by atoms with Crippen LogP contribution in [0, 0.1) is 11.8 Å². The number of aromatic nitrogens is 4. The molecule has 1 saturated heterocycles. The van der Waals surface area contributed by atoms with Gasteiger partial charge in [-0.2, -0.15) is 4.39 Å². The molecule has 5 rings (SSSR count). The number of primary amides is 1. The number of halogens is 2. The molecule has 1 aliphatic heterocycles. The fraction of sp³-hybridized carbons (Fsp3) is 0.208. The number of amides is 2. The SMILES string of the molecule is CC(Oc1ccc2ncc(-c3ccc(N4C[C@@H](OC(N)=O)CC4=O)cc3)n2n1)c1cc(F)cnc1F. The first kappa shape index (κ1) is 23.1. The molecule has 4 heterocycles. The number of nitrogens with zero attached hydrogens (tertiary/aromatic N) is 5. The van der Waals surface area contributed by atoms with Crippen LogP contribution in [0.25, 0.3) is 16.9 Å². The summed E-state index contributed by atoms with van der Waals surface area (Å²) in [6.07, 6.45) is 0.156. The predicted octanol–water partition coefficient (Wildman–Crippen LogP) is 3.41. The second kappa shape index (κ2) is 9.21. The molecule has 0 radical (unpaired) electrons. The van der Waals surface area contributed by atoms with E-state index in [1.807, 2.05) is 0 Å². The number of carbonyl (C=O) groups is 2. The Bertz CT molecular complexity index is 1460. The van der Waals surface area contributed by atoms with Crippen molar-refractivity contribution in [2.75, 3.05) is 11.4 Å². The molecule has 0 bridgehead atoms. The zero-order valence-electron chi connectivity index (χ0n) is 19.0. The molecule has 3 aromatic heterocycles. The summed E-state index contributed by atoms with van der Waals surface area (Å²) in [5, 5.41) is 4.45. The summed E-state index contributed by atoms with van der Waals surface area (Å²) in [5.74, 6) is -1.49. The van der Waals surface area contributed by atoms with Crippen LogP contribution in [-0.2, 0) is 9.53 Å². The van der Waals surface area contributed by atoms with E-state index in [0.717, 1.165) is 17.8 Å². The highest BCUT2D eigenvalue weighted by Gasteiger charge is 2.32. The van der Waals surface area contributed by atoms with Gasteiger partial charge in [-0.05, 0) is 31.2 Å². The first-order chi connectivity index (χ1) is 17.3. The number of hydrogen-bond acceptors (Lipinski definition) is 7. The first-order valence-electron chi connectivity index (χ1n) is 11.0. The summed E-state index contributed by atoms with van der Waals surface area (Å²) in [7, 11) is 0. The Balaban J connectivity index is 1.37. The van der Waals surface area contributed by atoms with Crippen LogP contribution in [0.5, 0.6) is 5.88 Å². The van der Waals surface area contributed by atoms with Crippen LogP contribution in [0.3, 0.4) is 0 Å². The van der Waals surface area contributed by atoms with E-state index in [-0.39, 0.29) is 30.3 Å². The molecule has 1 aliphatic rings. The Morgan fingerprint density at radius 3 is 2.67 bits per heavy atom. The van der Waals surface area contributed by atoms with E-state index in [1.54, 1.807) is 54.0 Å². The van der Waals surface area contributed by atoms with Crippen LogP contribution >= 0.6 is 0 Å². The number of benzene rings is 1. The van der Waals surface area contributed by atoms with E-state index in [9.17, 15) is 18.4 Å². The number of anilines is 1. The monoisotopic (exact) mass is 494 g/mol. The maximum atomic E-state index is 14.0. The molecule has 1 aromatic carbocycles. The highest BCUT2D eigenvalue weighted by atomic mass is 19.1. The van der Waals surface area contributed by atoms with E-state index in [1.165, 1.54) is 4.90 Å². The normalized spacial score (nSPS) is 16.4. The first-order valence-corrected chi connectivity index (χ1v) is 11.0. The summed E-state index contributed by atoms with van der Waals surface area (Å²) < 4.78 is 39.8. The van der Waals surface area contributed by atoms with E-state index >= 15 is 0 Å². The summed E-state index contributed by atoms with van der Waals surface area (Å²) in [4.78, 5) is 32.6. The van der Waals surface area contributed by atoms with Crippen molar-refractivity contribution in [2.45, 2.75) is 25.6 Å². The highest BCUT2D eigenvalue weighted by Crippen LogP contribution is 2.28. The molecule has 0 spiro atoms. The molecule has 2 N–H and O–H groups in total. The van der Waals surface area contributed by atoms with Crippen molar-refractivity contribution in [1.29, 1.82) is 0 Å². The number of ether oxygens (including phenoxy) is 2. The zero-order chi connectivity index (χ0) is 25.4. The summed E-state index contributed by atoms with van der Waals surface area (Å²) >= 11 is 0. The maximum absolute atomic E-state index is 14.0. The van der Waals surface area contributed by atoms with Crippen LogP contribution in [0.4, 0.5) is 19.3 Å². The molecule has 0 aliphatic carbocycles. The molecular formula is C24H20F2N6O4. The van der Waals surface area contributed by atoms with Crippen molar-refractivity contribution in [3.63, 3.8) is 0 Å². The second-order valence-electron chi connectivity index (χ2n) is 8.19. The quantitative estimate of drug-likeness (QED) is 0.407. The Morgan fingerprint density at radius 1 is 1.14 bits per heavy atom. The molecule has 10 nitrogen and oxygen atoms in total. The fourth-order valence-corrected chi connectivity index (χ4v) is 4.06. The van der Waals surface area contributed by atoms with Gasteiger partial charge in [0.15, 0.2) is 5.65 Å². The smallest absolute Gasteiger partial charge is 0.404 e. The molecule has 12 heteroatoms. The van der Waals surface area contributed by atoms with Crippen LogP contribution in [0.2, 0.25) is 0 Å². The average molecular weight is 494 g/mol. The van der Waals surface area contributed by atoms with Crippen LogP contribution in [0.1, 0.15) is 25.0 Å². The van der Waals surface area contributed by atoms with E-state index < -0.39 is 30.1 Å². The number of nitrogens with two attached hydrogens (primary N) is 1. The lowest BCUT2D eigenvalue weighted by Gasteiger charge is -2.17. The Hall–Kier alpha value is -4.61. The van der Waals surface area contributed by atoms with E-state index in [0.29, 0.717) is 17.0 Å². The lowest BCUT2D eigenvalue weighted by molar-refractivity contribution is -0.117. The zero-order valence-corrected chi connectivity index (χ0v) is 19.0. The lowest BCUT2D eigenvalue weighted by atomic mass is 10.1. The summed E-state index contributed by atoms with van der Waals surface area (Å²) in [5.41, 5.74) is 7.63. The average Bonchev–Trinajstić information content (AvgIpc) is 3.43. The number of pyridine rings is 1. The number of rotatable bonds is 6. The van der Waals surface area contributed by atoms with Gasteiger partial charge in [-0.15, -0.1) is 5.10 Å². The van der Waals surface area contributed by atoms with Crippen molar-refractivity contribution in [3.8, 4) is 17.1 Å². The van der Waals surface area contributed by atoms with Gasteiger partial charge < -0.3 is 20.1 Å². The molecule has 36 heavy (non-hydrogen) atoms. The van der Waals surface area contributed by atoms with Gasteiger partial charge in [-0.3, -0.25) is 4.79 Å². The Kier molecular flexibility index (Phi) is 5.92. The van der Waals surface area contributed by atoms with Crippen LogP contribution in [0.15, 0.2) is 54.9 Å². The van der Waals surface area contributed by atoms with Crippen molar-refractivity contribution in [3.05, 3.63) is 72.2 Å². The van der Waals surface area contributed by atoms with Gasteiger partial charge in [0.05, 0.1) is 36.6 Å².